The molecule has 0 saturated heterocycles. The van der Waals surface area contributed by atoms with E-state index in [1.54, 1.807) is 13.0 Å². The number of anilines is 1. The van der Waals surface area contributed by atoms with Crippen molar-refractivity contribution in [1.29, 1.82) is 0 Å². The lowest BCUT2D eigenvalue weighted by Gasteiger charge is -2.32. The van der Waals surface area contributed by atoms with Crippen molar-refractivity contribution in [3.63, 3.8) is 0 Å². The third-order valence-corrected chi connectivity index (χ3v) is 7.78. The number of rotatable bonds is 10. The van der Waals surface area contributed by atoms with Gasteiger partial charge in [0.2, 0.25) is 21.8 Å². The number of carbonyl (C=O) groups is 2. The maximum absolute atomic E-state index is 13.5. The Labute approximate surface area is 219 Å². The zero-order chi connectivity index (χ0) is 25.6. The molecule has 186 valence electrons. The molecular formula is C23H28BrCl2N3O4S. The molecule has 0 aliphatic rings. The van der Waals surface area contributed by atoms with E-state index in [9.17, 15) is 18.0 Å². The number of amides is 2. The molecule has 2 rings (SSSR count). The fourth-order valence-electron chi connectivity index (χ4n) is 3.11. The minimum absolute atomic E-state index is 0.0180. The van der Waals surface area contributed by atoms with Gasteiger partial charge in [0, 0.05) is 17.1 Å². The molecule has 0 aromatic heterocycles. The Morgan fingerprint density at radius 2 is 1.71 bits per heavy atom. The van der Waals surface area contributed by atoms with Crippen LogP contribution < -0.4 is 9.62 Å². The fraction of sp³-hybridized carbons (Fsp3) is 0.391. The van der Waals surface area contributed by atoms with Crippen molar-refractivity contribution in [2.24, 2.45) is 0 Å². The first-order valence-corrected chi connectivity index (χ1v) is 14.0. The number of carbonyl (C=O) groups excluding carboxylic acids is 2. The van der Waals surface area contributed by atoms with Crippen LogP contribution in [0.25, 0.3) is 0 Å². The van der Waals surface area contributed by atoms with Crippen molar-refractivity contribution in [1.82, 2.24) is 10.2 Å². The highest BCUT2D eigenvalue weighted by atomic mass is 79.9. The maximum Gasteiger partial charge on any atom is 0.244 e. The molecule has 0 radical (unpaired) electrons. The molecule has 0 aliphatic carbocycles. The Kier molecular flexibility index (Phi) is 10.2. The summed E-state index contributed by atoms with van der Waals surface area (Å²) in [4.78, 5) is 27.7. The van der Waals surface area contributed by atoms with Gasteiger partial charge < -0.3 is 10.2 Å². The highest BCUT2D eigenvalue weighted by molar-refractivity contribution is 9.10. The van der Waals surface area contributed by atoms with Gasteiger partial charge in [0.25, 0.3) is 0 Å². The van der Waals surface area contributed by atoms with E-state index in [0.717, 1.165) is 27.0 Å². The number of nitrogens with zero attached hydrogens (tertiary/aromatic N) is 2. The quantitative estimate of drug-likeness (QED) is 0.427. The summed E-state index contributed by atoms with van der Waals surface area (Å²) in [6.07, 6.45) is 1.71. The average molecular weight is 593 g/mol. The second-order valence-electron chi connectivity index (χ2n) is 7.98. The Hall–Kier alpha value is -1.81. The lowest BCUT2D eigenvalue weighted by molar-refractivity contribution is -0.139. The third-order valence-electron chi connectivity index (χ3n) is 5.31. The summed E-state index contributed by atoms with van der Waals surface area (Å²) in [6, 6.07) is 10.9. The highest BCUT2D eigenvalue weighted by Gasteiger charge is 2.31. The molecule has 1 N–H and O–H groups in total. The van der Waals surface area contributed by atoms with Crippen LogP contribution in [0.5, 0.6) is 0 Å². The van der Waals surface area contributed by atoms with Crippen molar-refractivity contribution in [3.05, 3.63) is 62.5 Å². The van der Waals surface area contributed by atoms with Crippen LogP contribution in [0.15, 0.2) is 46.9 Å². The van der Waals surface area contributed by atoms with E-state index in [1.807, 2.05) is 38.1 Å². The average Bonchev–Trinajstić information content (AvgIpc) is 2.77. The van der Waals surface area contributed by atoms with Crippen LogP contribution in [0.4, 0.5) is 5.69 Å². The predicted octanol–water partition coefficient (Wildman–Crippen LogP) is 4.85. The third kappa shape index (κ3) is 7.60. The Morgan fingerprint density at radius 3 is 2.26 bits per heavy atom. The summed E-state index contributed by atoms with van der Waals surface area (Å²) >= 11 is 15.7. The van der Waals surface area contributed by atoms with E-state index in [-0.39, 0.29) is 34.2 Å². The molecule has 2 atom stereocenters. The second-order valence-corrected chi connectivity index (χ2v) is 11.6. The van der Waals surface area contributed by atoms with Gasteiger partial charge in [0.15, 0.2) is 0 Å². The number of sulfonamides is 1. The van der Waals surface area contributed by atoms with Crippen LogP contribution in [0, 0.1) is 0 Å². The Morgan fingerprint density at radius 1 is 1.09 bits per heavy atom. The first kappa shape index (κ1) is 28.4. The van der Waals surface area contributed by atoms with Gasteiger partial charge in [-0.2, -0.15) is 0 Å². The molecule has 2 unspecified atom stereocenters. The second kappa shape index (κ2) is 12.2. The van der Waals surface area contributed by atoms with E-state index in [1.165, 1.54) is 17.0 Å². The molecule has 0 aliphatic heterocycles. The zero-order valence-electron chi connectivity index (χ0n) is 19.4. The molecule has 0 spiro atoms. The SMILES string of the molecule is CCC(C)NC(=O)C(C)N(Cc1ccc(Br)cc1)C(=O)CN(c1cccc(Cl)c1Cl)S(C)(=O)=O. The van der Waals surface area contributed by atoms with Gasteiger partial charge in [-0.25, -0.2) is 8.42 Å². The van der Waals surface area contributed by atoms with Gasteiger partial charge in [-0.05, 0) is 50.1 Å². The van der Waals surface area contributed by atoms with Gasteiger partial charge in [-0.1, -0.05) is 64.3 Å². The van der Waals surface area contributed by atoms with Crippen LogP contribution >= 0.6 is 39.1 Å². The predicted molar refractivity (Wildman–Crippen MR) is 141 cm³/mol. The van der Waals surface area contributed by atoms with Crippen molar-refractivity contribution < 1.29 is 18.0 Å². The van der Waals surface area contributed by atoms with Gasteiger partial charge in [0.05, 0.1) is 22.0 Å². The highest BCUT2D eigenvalue weighted by Crippen LogP contribution is 2.33. The Bertz CT molecular complexity index is 1130. The molecule has 0 fully saturated rings. The van der Waals surface area contributed by atoms with E-state index >= 15 is 0 Å². The van der Waals surface area contributed by atoms with E-state index in [2.05, 4.69) is 21.2 Å². The van der Waals surface area contributed by atoms with E-state index < -0.39 is 28.5 Å². The number of benzene rings is 2. The molecule has 11 heteroatoms. The number of hydrogen-bond acceptors (Lipinski definition) is 4. The molecular weight excluding hydrogens is 565 g/mol. The largest absolute Gasteiger partial charge is 0.352 e. The van der Waals surface area contributed by atoms with Crippen molar-refractivity contribution in [3.8, 4) is 0 Å². The summed E-state index contributed by atoms with van der Waals surface area (Å²) in [7, 11) is -3.90. The monoisotopic (exact) mass is 591 g/mol. The molecule has 7 nitrogen and oxygen atoms in total. The summed E-state index contributed by atoms with van der Waals surface area (Å²) in [6.45, 7) is 5.00. The minimum Gasteiger partial charge on any atom is -0.352 e. The van der Waals surface area contributed by atoms with Crippen LogP contribution in [0.3, 0.4) is 0 Å². The molecule has 34 heavy (non-hydrogen) atoms. The summed E-state index contributed by atoms with van der Waals surface area (Å²) < 4.78 is 27.0. The smallest absolute Gasteiger partial charge is 0.244 e. The summed E-state index contributed by atoms with van der Waals surface area (Å²) in [5.41, 5.74) is 0.872. The van der Waals surface area contributed by atoms with Crippen LogP contribution in [0.2, 0.25) is 10.0 Å². The van der Waals surface area contributed by atoms with Gasteiger partial charge in [-0.3, -0.25) is 13.9 Å². The van der Waals surface area contributed by atoms with Crippen molar-refractivity contribution >= 4 is 66.7 Å². The maximum atomic E-state index is 13.5. The van der Waals surface area contributed by atoms with Gasteiger partial charge in [-0.15, -0.1) is 0 Å². The van der Waals surface area contributed by atoms with Crippen LogP contribution in [-0.2, 0) is 26.2 Å². The lowest BCUT2D eigenvalue weighted by atomic mass is 10.1. The van der Waals surface area contributed by atoms with Crippen LogP contribution in [0.1, 0.15) is 32.8 Å². The number of halogens is 3. The molecule has 0 bridgehead atoms. The van der Waals surface area contributed by atoms with Gasteiger partial charge >= 0.3 is 0 Å². The van der Waals surface area contributed by atoms with E-state index in [4.69, 9.17) is 23.2 Å². The first-order chi connectivity index (χ1) is 15.8. The topological polar surface area (TPSA) is 86.8 Å². The van der Waals surface area contributed by atoms with Crippen LogP contribution in [-0.4, -0.2) is 50.0 Å². The minimum atomic E-state index is -3.90. The summed E-state index contributed by atoms with van der Waals surface area (Å²) in [5.74, 6) is -0.886. The molecule has 2 amide bonds. The number of hydrogen-bond donors (Lipinski definition) is 1. The molecule has 2 aromatic rings. The normalized spacial score (nSPS) is 13.1. The van der Waals surface area contributed by atoms with Crippen molar-refractivity contribution in [2.45, 2.75) is 45.8 Å². The molecule has 0 saturated carbocycles. The zero-order valence-corrected chi connectivity index (χ0v) is 23.3. The molecule has 0 heterocycles. The first-order valence-electron chi connectivity index (χ1n) is 10.6. The number of nitrogens with one attached hydrogen (secondary N) is 1. The van der Waals surface area contributed by atoms with Gasteiger partial charge in [0.1, 0.15) is 12.6 Å². The lowest BCUT2D eigenvalue weighted by Crippen LogP contribution is -2.52. The standard InChI is InChI=1S/C23H28BrCl2N3O4S/c1-5-15(2)27-23(31)16(3)28(13-17-9-11-18(24)12-10-17)21(30)14-29(34(4,32)33)20-8-6-7-19(25)22(20)26/h6-12,15-16H,5,13-14H2,1-4H3,(H,27,31). The van der Waals surface area contributed by atoms with Crippen molar-refractivity contribution in [2.75, 3.05) is 17.1 Å². The summed E-state index contributed by atoms with van der Waals surface area (Å²) in [5, 5.41) is 3.06. The molecule has 2 aromatic carbocycles. The van der Waals surface area contributed by atoms with E-state index in [0.29, 0.717) is 0 Å². The fourth-order valence-corrected chi connectivity index (χ4v) is 4.68. The Balaban J connectivity index is 2.42.